The van der Waals surface area contributed by atoms with Crippen LogP contribution in [0.5, 0.6) is 0 Å². The smallest absolute Gasteiger partial charge is 0.342 e. The van der Waals surface area contributed by atoms with Crippen LogP contribution in [0.3, 0.4) is 0 Å². The number of ether oxygens (including phenoxy) is 1. The van der Waals surface area contributed by atoms with Gasteiger partial charge in [0.25, 0.3) is 15.9 Å². The highest BCUT2D eigenvalue weighted by atomic mass is 32.2. The summed E-state index contributed by atoms with van der Waals surface area (Å²) in [7, 11) is -2.00. The fraction of sp³-hybridized carbons (Fsp3) is 0.316. The first kappa shape index (κ1) is 19.8. The van der Waals surface area contributed by atoms with Crippen LogP contribution in [0.1, 0.15) is 12.5 Å². The number of likely N-dealkylation sites (N-methyl/N-ethyl adjacent to an activating group) is 1. The molecular formula is C19H21N3O5S. The zero-order valence-electron chi connectivity index (χ0n) is 15.6. The number of benzene rings is 1. The van der Waals surface area contributed by atoms with Crippen molar-refractivity contribution in [1.82, 2.24) is 9.80 Å². The Balaban J connectivity index is 1.68. The molecule has 9 heteroatoms. The first-order valence-corrected chi connectivity index (χ1v) is 10.4. The summed E-state index contributed by atoms with van der Waals surface area (Å²) in [6.07, 6.45) is 3.67. The van der Waals surface area contributed by atoms with Crippen molar-refractivity contribution in [1.29, 1.82) is 0 Å². The third-order valence-electron chi connectivity index (χ3n) is 4.35. The van der Waals surface area contributed by atoms with Crippen LogP contribution in [0.25, 0.3) is 0 Å². The average Bonchev–Trinajstić information content (AvgIpc) is 2.66. The first-order chi connectivity index (χ1) is 13.3. The predicted octanol–water partition coefficient (Wildman–Crippen LogP) is 1.07. The minimum Gasteiger partial charge on any atom is -0.449 e. The number of sulfonamides is 1. The number of hydrogen-bond acceptors (Lipinski definition) is 6. The molecule has 0 saturated carbocycles. The third-order valence-corrected chi connectivity index (χ3v) is 5.50. The molecule has 0 saturated heterocycles. The number of fused-ring (bicyclic) bond motifs is 1. The zero-order chi connectivity index (χ0) is 20.3. The molecule has 1 atom stereocenters. The Hall–Kier alpha value is -2.94. The lowest BCUT2D eigenvalue weighted by Gasteiger charge is -2.29. The van der Waals surface area contributed by atoms with Gasteiger partial charge in [0.05, 0.1) is 5.75 Å². The van der Waals surface area contributed by atoms with Gasteiger partial charge >= 0.3 is 5.97 Å². The molecular weight excluding hydrogens is 382 g/mol. The molecule has 0 aromatic heterocycles. The molecule has 8 nitrogen and oxygen atoms in total. The van der Waals surface area contributed by atoms with Crippen LogP contribution in [0.2, 0.25) is 0 Å². The van der Waals surface area contributed by atoms with Crippen molar-refractivity contribution in [3.63, 3.8) is 0 Å². The second-order valence-corrected chi connectivity index (χ2v) is 8.30. The van der Waals surface area contributed by atoms with Gasteiger partial charge in [-0.2, -0.15) is 0 Å². The van der Waals surface area contributed by atoms with E-state index in [2.05, 4.69) is 4.40 Å². The van der Waals surface area contributed by atoms with Gasteiger partial charge in [-0.3, -0.25) is 4.79 Å². The molecule has 2 aliphatic heterocycles. The highest BCUT2D eigenvalue weighted by Crippen LogP contribution is 2.19. The van der Waals surface area contributed by atoms with Crippen LogP contribution in [0.4, 0.5) is 0 Å². The van der Waals surface area contributed by atoms with E-state index in [4.69, 9.17) is 4.74 Å². The monoisotopic (exact) mass is 403 g/mol. The second kappa shape index (κ2) is 7.97. The normalized spacial score (nSPS) is 18.4. The van der Waals surface area contributed by atoms with Crippen LogP contribution < -0.4 is 0 Å². The maximum absolute atomic E-state index is 12.6. The molecule has 0 unspecified atom stereocenters. The highest BCUT2D eigenvalue weighted by Gasteiger charge is 2.32. The Kier molecular flexibility index (Phi) is 5.64. The van der Waals surface area contributed by atoms with Crippen molar-refractivity contribution >= 4 is 27.7 Å². The molecule has 0 spiro atoms. The van der Waals surface area contributed by atoms with Crippen molar-refractivity contribution in [2.45, 2.75) is 19.6 Å². The molecule has 2 aliphatic rings. The van der Waals surface area contributed by atoms with Gasteiger partial charge < -0.3 is 14.5 Å². The van der Waals surface area contributed by atoms with Crippen LogP contribution in [0.15, 0.2) is 58.7 Å². The number of carbonyl (C=O) groups excluding carboxylic acids is 2. The van der Waals surface area contributed by atoms with E-state index in [0.717, 1.165) is 5.56 Å². The number of hydrogen-bond donors (Lipinski definition) is 0. The number of rotatable bonds is 5. The van der Waals surface area contributed by atoms with E-state index in [9.17, 15) is 18.0 Å². The van der Waals surface area contributed by atoms with E-state index >= 15 is 0 Å². The summed E-state index contributed by atoms with van der Waals surface area (Å²) in [6.45, 7) is 2.07. The Bertz CT molecular complexity index is 967. The zero-order valence-corrected chi connectivity index (χ0v) is 16.4. The molecule has 0 radical (unpaired) electrons. The quantitative estimate of drug-likeness (QED) is 0.683. The number of carbonyl (C=O) groups is 2. The van der Waals surface area contributed by atoms with Crippen LogP contribution >= 0.6 is 0 Å². The van der Waals surface area contributed by atoms with E-state index < -0.39 is 22.1 Å². The van der Waals surface area contributed by atoms with Crippen LogP contribution in [0, 0.1) is 0 Å². The Labute approximate surface area is 163 Å². The van der Waals surface area contributed by atoms with Gasteiger partial charge in [-0.05, 0) is 24.6 Å². The lowest BCUT2D eigenvalue weighted by Crippen LogP contribution is -2.42. The average molecular weight is 403 g/mol. The van der Waals surface area contributed by atoms with Crippen molar-refractivity contribution in [2.75, 3.05) is 19.3 Å². The van der Waals surface area contributed by atoms with E-state index in [-0.39, 0.29) is 29.6 Å². The molecule has 28 heavy (non-hydrogen) atoms. The molecule has 0 fully saturated rings. The topological polar surface area (TPSA) is 96.3 Å². The molecule has 1 amide bonds. The molecule has 0 N–H and O–H groups in total. The summed E-state index contributed by atoms with van der Waals surface area (Å²) < 4.78 is 32.6. The summed E-state index contributed by atoms with van der Waals surface area (Å²) in [5, 5.41) is 0. The Morgan fingerprint density at radius 3 is 2.71 bits per heavy atom. The maximum Gasteiger partial charge on any atom is 0.342 e. The van der Waals surface area contributed by atoms with Crippen molar-refractivity contribution in [3.8, 4) is 0 Å². The third kappa shape index (κ3) is 4.48. The minimum atomic E-state index is -3.62. The van der Waals surface area contributed by atoms with Gasteiger partial charge in [-0.1, -0.05) is 30.3 Å². The number of esters is 1. The van der Waals surface area contributed by atoms with E-state index in [1.54, 1.807) is 24.2 Å². The fourth-order valence-corrected chi connectivity index (χ4v) is 3.88. The summed E-state index contributed by atoms with van der Waals surface area (Å²) in [5.41, 5.74) is 0.963. The fourth-order valence-electron chi connectivity index (χ4n) is 2.90. The lowest BCUT2D eigenvalue weighted by atomic mass is 10.1. The maximum atomic E-state index is 12.6. The largest absolute Gasteiger partial charge is 0.449 e. The molecule has 0 bridgehead atoms. The van der Waals surface area contributed by atoms with Gasteiger partial charge in [0, 0.05) is 26.3 Å². The van der Waals surface area contributed by atoms with E-state index in [1.807, 2.05) is 30.3 Å². The van der Waals surface area contributed by atoms with E-state index in [1.165, 1.54) is 17.9 Å². The van der Waals surface area contributed by atoms with E-state index in [0.29, 0.717) is 6.54 Å². The van der Waals surface area contributed by atoms with Crippen molar-refractivity contribution < 1.29 is 22.7 Å². The Morgan fingerprint density at radius 1 is 1.29 bits per heavy atom. The predicted molar refractivity (Wildman–Crippen MR) is 104 cm³/mol. The molecule has 1 aromatic rings. The molecule has 2 heterocycles. The standard InChI is InChI=1S/C19H21N3O5S/c1-14(18(23)21(2)13-15-7-4-3-5-8-15)27-19(24)16-9-6-10-22-11-12-28(25,26)20-17(16)22/h3-10,14H,11-13H2,1-2H3/t14-/m0/s1. The number of amides is 1. The summed E-state index contributed by atoms with van der Waals surface area (Å²) in [5.74, 6) is -1.25. The van der Waals surface area contributed by atoms with Crippen LogP contribution in [-0.4, -0.2) is 61.4 Å². The Morgan fingerprint density at radius 2 is 2.00 bits per heavy atom. The lowest BCUT2D eigenvalue weighted by molar-refractivity contribution is -0.155. The molecule has 3 rings (SSSR count). The molecule has 0 aliphatic carbocycles. The number of nitrogens with zero attached hydrogens (tertiary/aromatic N) is 3. The van der Waals surface area contributed by atoms with Gasteiger partial charge in [0.15, 0.2) is 11.9 Å². The molecule has 1 aromatic carbocycles. The van der Waals surface area contributed by atoms with Crippen molar-refractivity contribution in [3.05, 3.63) is 59.8 Å². The highest BCUT2D eigenvalue weighted by molar-refractivity contribution is 7.90. The first-order valence-electron chi connectivity index (χ1n) is 8.75. The molecule has 148 valence electrons. The summed E-state index contributed by atoms with van der Waals surface area (Å²) in [4.78, 5) is 28.1. The SMILES string of the molecule is C[C@H](OC(=O)C1=CC=CN2CCS(=O)(=O)N=C12)C(=O)N(C)Cc1ccccc1. The van der Waals surface area contributed by atoms with Gasteiger partial charge in [-0.15, -0.1) is 4.40 Å². The van der Waals surface area contributed by atoms with Crippen molar-refractivity contribution in [2.24, 2.45) is 4.40 Å². The van der Waals surface area contributed by atoms with Gasteiger partial charge in [0.2, 0.25) is 0 Å². The minimum absolute atomic E-state index is 0.0103. The van der Waals surface area contributed by atoms with Crippen LogP contribution in [-0.2, 0) is 30.9 Å². The summed E-state index contributed by atoms with van der Waals surface area (Å²) >= 11 is 0. The number of amidine groups is 1. The number of allylic oxidation sites excluding steroid dienone is 2. The summed E-state index contributed by atoms with van der Waals surface area (Å²) in [6, 6.07) is 9.45. The van der Waals surface area contributed by atoms with Gasteiger partial charge in [-0.25, -0.2) is 13.2 Å². The van der Waals surface area contributed by atoms with Gasteiger partial charge in [0.1, 0.15) is 5.57 Å². The second-order valence-electron chi connectivity index (χ2n) is 6.54.